The van der Waals surface area contributed by atoms with Crippen LogP contribution in [0.15, 0.2) is 46.9 Å². The molecule has 0 fully saturated rings. The number of aliphatic carboxylic acids is 1. The third-order valence-electron chi connectivity index (χ3n) is 3.53. The van der Waals surface area contributed by atoms with Crippen molar-refractivity contribution in [1.82, 2.24) is 4.98 Å². The topological polar surface area (TPSA) is 75.4 Å². The van der Waals surface area contributed by atoms with E-state index < -0.39 is 24.0 Å². The number of hydrogen-bond donors (Lipinski definition) is 0. The Labute approximate surface area is 141 Å². The number of carbonyl (C=O) groups is 1. The van der Waals surface area contributed by atoms with E-state index in [2.05, 4.69) is 4.98 Å². The molecule has 7 heteroatoms. The molecule has 1 aromatic heterocycles. The Morgan fingerprint density at radius 2 is 1.80 bits per heavy atom. The SMILES string of the molecule is COc1ccc(-c2nc(CC(=O)[O-])c(-c3ccc(F)c(F)c3)o2)cc1. The van der Waals surface area contributed by atoms with Crippen LogP contribution >= 0.6 is 0 Å². The Kier molecular flexibility index (Phi) is 4.47. The molecule has 0 aliphatic carbocycles. The van der Waals surface area contributed by atoms with Gasteiger partial charge < -0.3 is 19.1 Å². The van der Waals surface area contributed by atoms with Crippen LogP contribution in [0, 0.1) is 11.6 Å². The number of carboxylic acid groups (broad SMARTS) is 1. The number of aromatic nitrogens is 1. The summed E-state index contributed by atoms with van der Waals surface area (Å²) in [5.74, 6) is -2.61. The highest BCUT2D eigenvalue weighted by atomic mass is 19.2. The number of oxazole rings is 1. The zero-order chi connectivity index (χ0) is 18.0. The van der Waals surface area contributed by atoms with Crippen molar-refractivity contribution in [3.05, 3.63) is 59.8 Å². The van der Waals surface area contributed by atoms with Crippen LogP contribution in [0.2, 0.25) is 0 Å². The highest BCUT2D eigenvalue weighted by molar-refractivity contribution is 5.73. The van der Waals surface area contributed by atoms with Gasteiger partial charge in [0.2, 0.25) is 5.89 Å². The van der Waals surface area contributed by atoms with Crippen LogP contribution in [0.3, 0.4) is 0 Å². The maximum absolute atomic E-state index is 13.5. The lowest BCUT2D eigenvalue weighted by Gasteiger charge is -2.02. The summed E-state index contributed by atoms with van der Waals surface area (Å²) in [6.07, 6.45) is -0.520. The molecular weight excluding hydrogens is 332 g/mol. The fourth-order valence-electron chi connectivity index (χ4n) is 2.33. The zero-order valence-electron chi connectivity index (χ0n) is 13.1. The number of carboxylic acids is 1. The third kappa shape index (κ3) is 3.50. The first kappa shape index (κ1) is 16.6. The molecule has 3 rings (SSSR count). The number of benzene rings is 2. The van der Waals surface area contributed by atoms with Crippen LogP contribution in [0.1, 0.15) is 5.69 Å². The lowest BCUT2D eigenvalue weighted by molar-refractivity contribution is -0.304. The van der Waals surface area contributed by atoms with Gasteiger partial charge in [-0.2, -0.15) is 0 Å². The molecule has 3 aromatic rings. The lowest BCUT2D eigenvalue weighted by atomic mass is 10.1. The number of rotatable bonds is 5. The minimum atomic E-state index is -1.36. The van der Waals surface area contributed by atoms with E-state index in [0.717, 1.165) is 12.1 Å². The smallest absolute Gasteiger partial charge is 0.227 e. The van der Waals surface area contributed by atoms with Crippen LogP contribution in [0.5, 0.6) is 5.75 Å². The van der Waals surface area contributed by atoms with Gasteiger partial charge in [-0.1, -0.05) is 0 Å². The summed E-state index contributed by atoms with van der Waals surface area (Å²) in [4.78, 5) is 15.1. The van der Waals surface area contributed by atoms with Crippen molar-refractivity contribution >= 4 is 5.97 Å². The quantitative estimate of drug-likeness (QED) is 0.711. The van der Waals surface area contributed by atoms with Crippen LogP contribution in [-0.2, 0) is 11.2 Å². The molecule has 5 nitrogen and oxygen atoms in total. The summed E-state index contributed by atoms with van der Waals surface area (Å²) >= 11 is 0. The summed E-state index contributed by atoms with van der Waals surface area (Å²) in [7, 11) is 1.53. The average Bonchev–Trinajstić information content (AvgIpc) is 3.00. The molecule has 0 unspecified atom stereocenters. The van der Waals surface area contributed by atoms with Crippen molar-refractivity contribution in [3.63, 3.8) is 0 Å². The van der Waals surface area contributed by atoms with E-state index >= 15 is 0 Å². The Morgan fingerprint density at radius 3 is 2.40 bits per heavy atom. The molecule has 0 aliphatic rings. The highest BCUT2D eigenvalue weighted by Crippen LogP contribution is 2.31. The maximum Gasteiger partial charge on any atom is 0.227 e. The first-order valence-electron chi connectivity index (χ1n) is 7.27. The maximum atomic E-state index is 13.5. The summed E-state index contributed by atoms with van der Waals surface area (Å²) in [6, 6.07) is 9.89. The van der Waals surface area contributed by atoms with Gasteiger partial charge in [0.15, 0.2) is 17.4 Å². The molecule has 0 aliphatic heterocycles. The number of carbonyl (C=O) groups excluding carboxylic acids is 1. The zero-order valence-corrected chi connectivity index (χ0v) is 13.1. The van der Waals surface area contributed by atoms with E-state index in [0.29, 0.717) is 11.3 Å². The Bertz CT molecular complexity index is 919. The molecule has 0 N–H and O–H groups in total. The molecular formula is C18H12F2NO4-. The summed E-state index contributed by atoms with van der Waals surface area (Å²) < 4.78 is 37.3. The molecule has 128 valence electrons. The van der Waals surface area contributed by atoms with E-state index in [4.69, 9.17) is 9.15 Å². The molecule has 0 radical (unpaired) electrons. The van der Waals surface area contributed by atoms with Gasteiger partial charge in [0.1, 0.15) is 5.75 Å². The van der Waals surface area contributed by atoms with Crippen molar-refractivity contribution in [2.24, 2.45) is 0 Å². The fraction of sp³-hybridized carbons (Fsp3) is 0.111. The van der Waals surface area contributed by atoms with Gasteiger partial charge in [0.05, 0.1) is 12.8 Å². The minimum absolute atomic E-state index is 0.0499. The van der Waals surface area contributed by atoms with E-state index in [1.807, 2.05) is 0 Å². The second kappa shape index (κ2) is 6.72. The Morgan fingerprint density at radius 1 is 1.12 bits per heavy atom. The normalized spacial score (nSPS) is 10.7. The van der Waals surface area contributed by atoms with Gasteiger partial charge in [-0.15, -0.1) is 0 Å². The molecule has 0 atom stereocenters. The molecule has 0 bridgehead atoms. The van der Waals surface area contributed by atoms with Gasteiger partial charge in [0, 0.05) is 23.5 Å². The van der Waals surface area contributed by atoms with Gasteiger partial charge in [-0.05, 0) is 42.5 Å². The standard InChI is InChI=1S/C18H13F2NO4/c1-24-12-5-2-10(3-6-12)18-21-15(9-16(22)23)17(25-18)11-4-7-13(19)14(20)8-11/h2-8H,9H2,1H3,(H,22,23)/p-1. The largest absolute Gasteiger partial charge is 0.550 e. The van der Waals surface area contributed by atoms with E-state index in [-0.39, 0.29) is 22.9 Å². The van der Waals surface area contributed by atoms with E-state index in [1.54, 1.807) is 24.3 Å². The van der Waals surface area contributed by atoms with Crippen LogP contribution in [0.4, 0.5) is 8.78 Å². The predicted octanol–water partition coefficient (Wildman–Crippen LogP) is 2.59. The monoisotopic (exact) mass is 344 g/mol. The molecule has 0 saturated carbocycles. The van der Waals surface area contributed by atoms with E-state index in [1.165, 1.54) is 13.2 Å². The predicted molar refractivity (Wildman–Crippen MR) is 82.6 cm³/mol. The summed E-state index contributed by atoms with van der Waals surface area (Å²) in [6.45, 7) is 0. The molecule has 0 saturated heterocycles. The summed E-state index contributed by atoms with van der Waals surface area (Å²) in [5.41, 5.74) is 0.827. The lowest BCUT2D eigenvalue weighted by Crippen LogP contribution is -2.24. The van der Waals surface area contributed by atoms with Crippen molar-refractivity contribution in [2.45, 2.75) is 6.42 Å². The number of nitrogens with zero attached hydrogens (tertiary/aromatic N) is 1. The molecule has 0 spiro atoms. The highest BCUT2D eigenvalue weighted by Gasteiger charge is 2.18. The van der Waals surface area contributed by atoms with Crippen LogP contribution in [-0.4, -0.2) is 18.1 Å². The second-order valence-electron chi connectivity index (χ2n) is 5.20. The van der Waals surface area contributed by atoms with E-state index in [9.17, 15) is 18.7 Å². The number of hydrogen-bond acceptors (Lipinski definition) is 5. The molecule has 25 heavy (non-hydrogen) atoms. The van der Waals surface area contributed by atoms with Crippen molar-refractivity contribution in [2.75, 3.05) is 7.11 Å². The summed E-state index contributed by atoms with van der Waals surface area (Å²) in [5, 5.41) is 11.0. The van der Waals surface area contributed by atoms with Gasteiger partial charge in [-0.3, -0.25) is 0 Å². The van der Waals surface area contributed by atoms with Crippen LogP contribution < -0.4 is 9.84 Å². The first-order chi connectivity index (χ1) is 12.0. The molecule has 1 heterocycles. The van der Waals surface area contributed by atoms with Crippen LogP contribution in [0.25, 0.3) is 22.8 Å². The Balaban J connectivity index is 2.07. The number of methoxy groups -OCH3 is 1. The molecule has 2 aromatic carbocycles. The number of halogens is 2. The average molecular weight is 344 g/mol. The second-order valence-corrected chi connectivity index (χ2v) is 5.20. The number of ether oxygens (including phenoxy) is 1. The van der Waals surface area contributed by atoms with Gasteiger partial charge in [-0.25, -0.2) is 13.8 Å². The van der Waals surface area contributed by atoms with Gasteiger partial charge in [0.25, 0.3) is 0 Å². The van der Waals surface area contributed by atoms with Crippen molar-refractivity contribution < 1.29 is 27.8 Å². The first-order valence-corrected chi connectivity index (χ1v) is 7.27. The van der Waals surface area contributed by atoms with Gasteiger partial charge >= 0.3 is 0 Å². The third-order valence-corrected chi connectivity index (χ3v) is 3.53. The Hall–Kier alpha value is -3.22. The van der Waals surface area contributed by atoms with Crippen molar-refractivity contribution in [1.29, 1.82) is 0 Å². The molecule has 0 amide bonds. The minimum Gasteiger partial charge on any atom is -0.550 e. The fourth-order valence-corrected chi connectivity index (χ4v) is 2.33. The van der Waals surface area contributed by atoms with Crippen molar-refractivity contribution in [3.8, 4) is 28.5 Å².